The number of nitrogens with zero attached hydrogens (tertiary/aromatic N) is 2. The molecule has 158 valence electrons. The SMILES string of the molecule is COc1ccc(CN2C(=O)C(NC(=O)OC(C)(C)C)N=C(Cl)c3ccccc32)cc1. The Labute approximate surface area is 180 Å². The summed E-state index contributed by atoms with van der Waals surface area (Å²) in [5.41, 5.74) is 1.39. The van der Waals surface area contributed by atoms with Gasteiger partial charge < -0.3 is 14.4 Å². The van der Waals surface area contributed by atoms with Gasteiger partial charge in [-0.1, -0.05) is 35.9 Å². The molecule has 0 aliphatic carbocycles. The third kappa shape index (κ3) is 5.10. The molecule has 0 radical (unpaired) electrons. The van der Waals surface area contributed by atoms with Crippen molar-refractivity contribution in [1.82, 2.24) is 5.32 Å². The number of anilines is 1. The van der Waals surface area contributed by atoms with E-state index in [-0.39, 0.29) is 11.7 Å². The second-order valence-corrected chi connectivity index (χ2v) is 8.12. The number of amides is 2. The minimum atomic E-state index is -1.21. The molecule has 7 nitrogen and oxygen atoms in total. The molecule has 0 spiro atoms. The van der Waals surface area contributed by atoms with Crippen LogP contribution in [0.5, 0.6) is 5.75 Å². The number of para-hydroxylation sites is 1. The zero-order chi connectivity index (χ0) is 21.9. The molecule has 1 heterocycles. The van der Waals surface area contributed by atoms with Crippen LogP contribution in [0, 0.1) is 0 Å². The number of ether oxygens (including phenoxy) is 2. The van der Waals surface area contributed by atoms with Crippen molar-refractivity contribution in [3.05, 3.63) is 59.7 Å². The number of benzene rings is 2. The van der Waals surface area contributed by atoms with Crippen molar-refractivity contribution < 1.29 is 19.1 Å². The lowest BCUT2D eigenvalue weighted by molar-refractivity contribution is -0.120. The van der Waals surface area contributed by atoms with E-state index in [0.29, 0.717) is 11.3 Å². The highest BCUT2D eigenvalue weighted by molar-refractivity contribution is 6.70. The number of nitrogens with one attached hydrogen (secondary N) is 1. The quantitative estimate of drug-likeness (QED) is 0.794. The van der Waals surface area contributed by atoms with Gasteiger partial charge in [-0.15, -0.1) is 0 Å². The van der Waals surface area contributed by atoms with Gasteiger partial charge in [-0.25, -0.2) is 9.79 Å². The summed E-state index contributed by atoms with van der Waals surface area (Å²) in [6, 6.07) is 14.6. The molecule has 1 atom stereocenters. The number of rotatable bonds is 4. The number of methoxy groups -OCH3 is 1. The highest BCUT2D eigenvalue weighted by atomic mass is 35.5. The van der Waals surface area contributed by atoms with Crippen molar-refractivity contribution in [1.29, 1.82) is 0 Å². The van der Waals surface area contributed by atoms with E-state index < -0.39 is 23.8 Å². The fourth-order valence-corrected chi connectivity index (χ4v) is 3.24. The number of hydrogen-bond acceptors (Lipinski definition) is 5. The molecular weight excluding hydrogens is 406 g/mol. The molecule has 2 aromatic carbocycles. The molecule has 2 aromatic rings. The third-order valence-electron chi connectivity index (χ3n) is 4.31. The fraction of sp³-hybridized carbons (Fsp3) is 0.318. The van der Waals surface area contributed by atoms with E-state index >= 15 is 0 Å². The van der Waals surface area contributed by atoms with Gasteiger partial charge in [-0.2, -0.15) is 0 Å². The maximum Gasteiger partial charge on any atom is 0.409 e. The number of halogens is 1. The van der Waals surface area contributed by atoms with Gasteiger partial charge in [0.15, 0.2) is 0 Å². The Hall–Kier alpha value is -3.06. The van der Waals surface area contributed by atoms with E-state index in [0.717, 1.165) is 11.3 Å². The van der Waals surface area contributed by atoms with Crippen LogP contribution in [0.2, 0.25) is 0 Å². The van der Waals surface area contributed by atoms with Gasteiger partial charge in [0.1, 0.15) is 16.5 Å². The standard InChI is InChI=1S/C22H24ClN3O4/c1-22(2,3)30-21(28)25-19-20(27)26(13-14-9-11-15(29-4)12-10-14)17-8-6-5-7-16(17)18(23)24-19/h5-12,19H,13H2,1-4H3,(H,25,28). The van der Waals surface area contributed by atoms with Crippen LogP contribution in [0.1, 0.15) is 31.9 Å². The largest absolute Gasteiger partial charge is 0.497 e. The van der Waals surface area contributed by atoms with E-state index in [1.807, 2.05) is 36.4 Å². The predicted octanol–water partition coefficient (Wildman–Crippen LogP) is 4.08. The molecule has 0 fully saturated rings. The maximum absolute atomic E-state index is 13.3. The average molecular weight is 430 g/mol. The Morgan fingerprint density at radius 1 is 1.17 bits per heavy atom. The molecule has 30 heavy (non-hydrogen) atoms. The minimum Gasteiger partial charge on any atom is -0.497 e. The van der Waals surface area contributed by atoms with Crippen LogP contribution in [-0.2, 0) is 16.1 Å². The Balaban J connectivity index is 1.93. The van der Waals surface area contributed by atoms with Gasteiger partial charge in [0, 0.05) is 5.56 Å². The normalized spacial score (nSPS) is 16.3. The summed E-state index contributed by atoms with van der Waals surface area (Å²) in [7, 11) is 1.59. The Morgan fingerprint density at radius 3 is 2.47 bits per heavy atom. The molecule has 0 aromatic heterocycles. The maximum atomic E-state index is 13.3. The Bertz CT molecular complexity index is 967. The number of carbonyl (C=O) groups is 2. The molecular formula is C22H24ClN3O4. The summed E-state index contributed by atoms with van der Waals surface area (Å²) in [6.07, 6.45) is -1.96. The number of carbonyl (C=O) groups excluding carboxylic acids is 2. The van der Waals surface area contributed by atoms with Gasteiger partial charge in [0.25, 0.3) is 5.91 Å². The van der Waals surface area contributed by atoms with Gasteiger partial charge >= 0.3 is 6.09 Å². The van der Waals surface area contributed by atoms with Crippen molar-refractivity contribution in [2.24, 2.45) is 4.99 Å². The minimum absolute atomic E-state index is 0.136. The first kappa shape index (κ1) is 21.6. The Morgan fingerprint density at radius 2 is 1.83 bits per heavy atom. The van der Waals surface area contributed by atoms with Crippen molar-refractivity contribution >= 4 is 34.5 Å². The van der Waals surface area contributed by atoms with Gasteiger partial charge in [0.05, 0.1) is 19.3 Å². The summed E-state index contributed by atoms with van der Waals surface area (Å²) >= 11 is 6.40. The van der Waals surface area contributed by atoms with Crippen LogP contribution in [0.4, 0.5) is 10.5 Å². The molecule has 1 unspecified atom stereocenters. The van der Waals surface area contributed by atoms with Crippen molar-refractivity contribution in [3.63, 3.8) is 0 Å². The highest BCUT2D eigenvalue weighted by Gasteiger charge is 2.33. The summed E-state index contributed by atoms with van der Waals surface area (Å²) in [4.78, 5) is 31.4. The second kappa shape index (κ2) is 8.75. The van der Waals surface area contributed by atoms with Gasteiger partial charge in [0.2, 0.25) is 6.17 Å². The lowest BCUT2D eigenvalue weighted by atomic mass is 10.1. The average Bonchev–Trinajstić information content (AvgIpc) is 2.78. The second-order valence-electron chi connectivity index (χ2n) is 7.76. The van der Waals surface area contributed by atoms with Crippen molar-refractivity contribution in [2.45, 2.75) is 39.1 Å². The van der Waals surface area contributed by atoms with Crippen LogP contribution < -0.4 is 15.0 Å². The summed E-state index contributed by atoms with van der Waals surface area (Å²) in [5.74, 6) is 0.303. The number of aliphatic imine (C=N–C) groups is 1. The molecule has 1 aliphatic heterocycles. The van der Waals surface area contributed by atoms with Crippen molar-refractivity contribution in [3.8, 4) is 5.75 Å². The number of alkyl carbamates (subject to hydrolysis) is 1. The van der Waals surface area contributed by atoms with Crippen LogP contribution in [-0.4, -0.2) is 36.0 Å². The molecule has 0 saturated carbocycles. The summed E-state index contributed by atoms with van der Waals surface area (Å²) in [6.45, 7) is 5.49. The first-order valence-electron chi connectivity index (χ1n) is 9.44. The lowest BCUT2D eigenvalue weighted by Crippen LogP contribution is -2.48. The monoisotopic (exact) mass is 429 g/mol. The topological polar surface area (TPSA) is 80.2 Å². The fourth-order valence-electron chi connectivity index (χ4n) is 2.98. The Kier molecular flexibility index (Phi) is 6.31. The van der Waals surface area contributed by atoms with Crippen LogP contribution in [0.3, 0.4) is 0 Å². The van der Waals surface area contributed by atoms with Crippen LogP contribution in [0.15, 0.2) is 53.5 Å². The zero-order valence-corrected chi connectivity index (χ0v) is 18.1. The number of fused-ring (bicyclic) bond motifs is 1. The van der Waals surface area contributed by atoms with E-state index in [4.69, 9.17) is 21.1 Å². The van der Waals surface area contributed by atoms with E-state index in [9.17, 15) is 9.59 Å². The lowest BCUT2D eigenvalue weighted by Gasteiger charge is -2.26. The summed E-state index contributed by atoms with van der Waals surface area (Å²) < 4.78 is 10.5. The molecule has 2 amide bonds. The number of benzodiazepines with no additional fused rings is 1. The first-order valence-corrected chi connectivity index (χ1v) is 9.82. The summed E-state index contributed by atoms with van der Waals surface area (Å²) in [5, 5.41) is 2.66. The zero-order valence-electron chi connectivity index (χ0n) is 17.3. The van der Waals surface area contributed by atoms with E-state index in [1.165, 1.54) is 0 Å². The number of hydrogen-bond donors (Lipinski definition) is 1. The van der Waals surface area contributed by atoms with Gasteiger partial charge in [-0.3, -0.25) is 10.1 Å². The smallest absolute Gasteiger partial charge is 0.409 e. The first-order chi connectivity index (χ1) is 14.2. The van der Waals surface area contributed by atoms with Crippen LogP contribution in [0.25, 0.3) is 0 Å². The van der Waals surface area contributed by atoms with Crippen molar-refractivity contribution in [2.75, 3.05) is 12.0 Å². The molecule has 0 bridgehead atoms. The molecule has 0 saturated heterocycles. The molecule has 1 N–H and O–H groups in total. The van der Waals surface area contributed by atoms with Gasteiger partial charge in [-0.05, 0) is 50.6 Å². The highest BCUT2D eigenvalue weighted by Crippen LogP contribution is 2.29. The predicted molar refractivity (Wildman–Crippen MR) is 116 cm³/mol. The molecule has 8 heteroatoms. The van der Waals surface area contributed by atoms with E-state index in [2.05, 4.69) is 10.3 Å². The van der Waals surface area contributed by atoms with Crippen LogP contribution >= 0.6 is 11.6 Å². The third-order valence-corrected chi connectivity index (χ3v) is 4.61. The molecule has 1 aliphatic rings. The van der Waals surface area contributed by atoms with E-state index in [1.54, 1.807) is 44.9 Å². The molecule has 3 rings (SSSR count).